The van der Waals surface area contributed by atoms with Crippen LogP contribution in [-0.4, -0.2) is 20.3 Å². The SMILES string of the molecule is CC1(C)COB(c2cccc(Cl)c2Cl)OC1. The van der Waals surface area contributed by atoms with Crippen LogP contribution < -0.4 is 5.46 Å². The van der Waals surface area contributed by atoms with E-state index >= 15 is 0 Å². The van der Waals surface area contributed by atoms with Crippen molar-refractivity contribution in [2.24, 2.45) is 5.41 Å². The van der Waals surface area contributed by atoms with E-state index in [-0.39, 0.29) is 5.41 Å². The Morgan fingerprint density at radius 2 is 1.81 bits per heavy atom. The predicted molar refractivity (Wildman–Crippen MR) is 67.5 cm³/mol. The Morgan fingerprint density at radius 1 is 1.19 bits per heavy atom. The molecule has 1 heterocycles. The van der Waals surface area contributed by atoms with Crippen LogP contribution in [0.1, 0.15) is 13.8 Å². The van der Waals surface area contributed by atoms with Gasteiger partial charge in [0.25, 0.3) is 0 Å². The lowest BCUT2D eigenvalue weighted by atomic mass is 9.76. The maximum Gasteiger partial charge on any atom is 0.495 e. The minimum absolute atomic E-state index is 0.0571. The quantitative estimate of drug-likeness (QED) is 0.722. The van der Waals surface area contributed by atoms with Crippen LogP contribution in [0.5, 0.6) is 0 Å². The summed E-state index contributed by atoms with van der Waals surface area (Å²) in [4.78, 5) is 0. The number of halogens is 2. The molecule has 0 aliphatic carbocycles. The third-order valence-electron chi connectivity index (χ3n) is 2.49. The first-order valence-corrected chi connectivity index (χ1v) is 5.92. The normalized spacial score (nSPS) is 19.9. The van der Waals surface area contributed by atoms with E-state index in [4.69, 9.17) is 32.5 Å². The molecule has 86 valence electrons. The van der Waals surface area contributed by atoms with Gasteiger partial charge >= 0.3 is 7.12 Å². The number of hydrogen-bond acceptors (Lipinski definition) is 2. The van der Waals surface area contributed by atoms with Crippen molar-refractivity contribution in [2.45, 2.75) is 13.8 Å². The molecule has 1 fully saturated rings. The molecule has 0 N–H and O–H groups in total. The molecule has 0 atom stereocenters. The van der Waals surface area contributed by atoms with E-state index in [1.807, 2.05) is 12.1 Å². The topological polar surface area (TPSA) is 18.5 Å². The van der Waals surface area contributed by atoms with Gasteiger partial charge in [0, 0.05) is 24.1 Å². The number of hydrogen-bond donors (Lipinski definition) is 0. The maximum absolute atomic E-state index is 6.11. The van der Waals surface area contributed by atoms with Gasteiger partial charge in [0.05, 0.1) is 10.0 Å². The molecule has 0 amide bonds. The second-order valence-corrected chi connectivity index (χ2v) is 5.55. The fourth-order valence-corrected chi connectivity index (χ4v) is 1.97. The largest absolute Gasteiger partial charge is 0.495 e. The third-order valence-corrected chi connectivity index (χ3v) is 3.32. The van der Waals surface area contributed by atoms with E-state index < -0.39 is 7.12 Å². The molecule has 0 saturated carbocycles. The van der Waals surface area contributed by atoms with Crippen LogP contribution in [0.4, 0.5) is 0 Å². The molecule has 1 aliphatic heterocycles. The Hall–Kier alpha value is -0.215. The molecule has 5 heteroatoms. The van der Waals surface area contributed by atoms with Gasteiger partial charge in [-0.15, -0.1) is 0 Å². The predicted octanol–water partition coefficient (Wildman–Crippen LogP) is 2.76. The molecule has 2 rings (SSSR count). The molecule has 0 unspecified atom stereocenters. The molecule has 1 aliphatic rings. The molecular weight excluding hydrogens is 246 g/mol. The number of benzene rings is 1. The van der Waals surface area contributed by atoms with Gasteiger partial charge < -0.3 is 9.31 Å². The zero-order valence-corrected chi connectivity index (χ0v) is 10.8. The molecule has 0 bridgehead atoms. The van der Waals surface area contributed by atoms with Crippen LogP contribution in [-0.2, 0) is 9.31 Å². The fraction of sp³-hybridized carbons (Fsp3) is 0.455. The van der Waals surface area contributed by atoms with E-state index in [2.05, 4.69) is 13.8 Å². The summed E-state index contributed by atoms with van der Waals surface area (Å²) in [5, 5.41) is 1.03. The Kier molecular flexibility index (Phi) is 3.50. The summed E-state index contributed by atoms with van der Waals surface area (Å²) in [5.41, 5.74) is 0.853. The Labute approximate surface area is 106 Å². The highest BCUT2D eigenvalue weighted by Crippen LogP contribution is 2.24. The van der Waals surface area contributed by atoms with Crippen molar-refractivity contribution < 1.29 is 9.31 Å². The molecule has 2 nitrogen and oxygen atoms in total. The summed E-state index contributed by atoms with van der Waals surface area (Å²) in [6.07, 6.45) is 0. The van der Waals surface area contributed by atoms with Crippen molar-refractivity contribution in [2.75, 3.05) is 13.2 Å². The molecule has 0 radical (unpaired) electrons. The van der Waals surface area contributed by atoms with Crippen LogP contribution in [0.2, 0.25) is 10.0 Å². The van der Waals surface area contributed by atoms with Gasteiger partial charge in [0.1, 0.15) is 0 Å². The molecule has 0 spiro atoms. The minimum Gasteiger partial charge on any atom is -0.407 e. The van der Waals surface area contributed by atoms with Crippen LogP contribution in [0.3, 0.4) is 0 Å². The highest BCUT2D eigenvalue weighted by atomic mass is 35.5. The minimum atomic E-state index is -0.403. The van der Waals surface area contributed by atoms with Gasteiger partial charge in [0.2, 0.25) is 0 Å². The highest BCUT2D eigenvalue weighted by molar-refractivity contribution is 6.66. The Balaban J connectivity index is 2.17. The summed E-state index contributed by atoms with van der Waals surface area (Å²) in [5.74, 6) is 0. The molecule has 0 aromatic heterocycles. The zero-order chi connectivity index (χ0) is 11.8. The Bertz CT molecular complexity index is 386. The van der Waals surface area contributed by atoms with Gasteiger partial charge in [-0.05, 0) is 6.07 Å². The van der Waals surface area contributed by atoms with Crippen molar-refractivity contribution >= 4 is 35.8 Å². The van der Waals surface area contributed by atoms with Gasteiger partial charge in [-0.2, -0.15) is 0 Å². The van der Waals surface area contributed by atoms with E-state index in [0.29, 0.717) is 23.3 Å². The summed E-state index contributed by atoms with van der Waals surface area (Å²) in [6.45, 7) is 5.51. The first-order valence-electron chi connectivity index (χ1n) is 5.17. The van der Waals surface area contributed by atoms with Crippen LogP contribution in [0.25, 0.3) is 0 Å². The van der Waals surface area contributed by atoms with Gasteiger partial charge in [0.15, 0.2) is 0 Å². The fourth-order valence-electron chi connectivity index (χ4n) is 1.57. The van der Waals surface area contributed by atoms with Crippen LogP contribution >= 0.6 is 23.2 Å². The number of rotatable bonds is 1. The van der Waals surface area contributed by atoms with E-state index in [1.165, 1.54) is 0 Å². The monoisotopic (exact) mass is 258 g/mol. The first-order chi connectivity index (χ1) is 7.49. The molecule has 1 aromatic carbocycles. The van der Waals surface area contributed by atoms with Crippen molar-refractivity contribution in [1.29, 1.82) is 0 Å². The lowest BCUT2D eigenvalue weighted by Crippen LogP contribution is -2.47. The third kappa shape index (κ3) is 2.54. The summed E-state index contributed by atoms with van der Waals surface area (Å²) in [6, 6.07) is 5.47. The van der Waals surface area contributed by atoms with Crippen molar-refractivity contribution in [3.8, 4) is 0 Å². The average Bonchev–Trinajstić information content (AvgIpc) is 2.23. The van der Waals surface area contributed by atoms with Crippen molar-refractivity contribution in [3.05, 3.63) is 28.2 Å². The van der Waals surface area contributed by atoms with Gasteiger partial charge in [-0.25, -0.2) is 0 Å². The zero-order valence-electron chi connectivity index (χ0n) is 9.30. The summed E-state index contributed by atoms with van der Waals surface area (Å²) >= 11 is 12.1. The van der Waals surface area contributed by atoms with Crippen LogP contribution in [0.15, 0.2) is 18.2 Å². The standard InChI is InChI=1S/C11H13BCl2O2/c1-11(2)6-15-12(16-7-11)8-4-3-5-9(13)10(8)14/h3-5H,6-7H2,1-2H3. The van der Waals surface area contributed by atoms with E-state index in [1.54, 1.807) is 6.07 Å². The highest BCUT2D eigenvalue weighted by Gasteiger charge is 2.34. The average molecular weight is 259 g/mol. The van der Waals surface area contributed by atoms with Gasteiger partial charge in [-0.1, -0.05) is 49.2 Å². The lowest BCUT2D eigenvalue weighted by molar-refractivity contribution is 0.0343. The molecular formula is C11H13BCl2O2. The second kappa shape index (κ2) is 4.57. The van der Waals surface area contributed by atoms with Crippen molar-refractivity contribution in [3.63, 3.8) is 0 Å². The maximum atomic E-state index is 6.11. The van der Waals surface area contributed by atoms with E-state index in [0.717, 1.165) is 5.46 Å². The summed E-state index contributed by atoms with van der Waals surface area (Å²) in [7, 11) is -0.403. The molecule has 1 aromatic rings. The first kappa shape index (κ1) is 12.2. The van der Waals surface area contributed by atoms with Crippen LogP contribution in [0, 0.1) is 5.41 Å². The second-order valence-electron chi connectivity index (χ2n) is 4.76. The van der Waals surface area contributed by atoms with Crippen molar-refractivity contribution in [1.82, 2.24) is 0 Å². The summed E-state index contributed by atoms with van der Waals surface area (Å²) < 4.78 is 11.3. The molecule has 1 saturated heterocycles. The van der Waals surface area contributed by atoms with E-state index in [9.17, 15) is 0 Å². The lowest BCUT2D eigenvalue weighted by Gasteiger charge is -2.33. The van der Waals surface area contributed by atoms with Gasteiger partial charge in [-0.3, -0.25) is 0 Å². The smallest absolute Gasteiger partial charge is 0.407 e. The molecule has 16 heavy (non-hydrogen) atoms. The Morgan fingerprint density at radius 3 is 2.44 bits per heavy atom.